The third-order valence-corrected chi connectivity index (χ3v) is 3.10. The number of ether oxygens (including phenoxy) is 2. The van der Waals surface area contributed by atoms with Crippen molar-refractivity contribution >= 4 is 17.2 Å². The molecule has 110 valence electrons. The average Bonchev–Trinajstić information content (AvgIpc) is 2.55. The average molecular weight is 298 g/mol. The number of carbonyl (C=O) groups is 1. The predicted octanol–water partition coefficient (Wildman–Crippen LogP) is 3.38. The summed E-state index contributed by atoms with van der Waals surface area (Å²) in [6.45, 7) is 0. The molecule has 0 N–H and O–H groups in total. The molecule has 0 aliphatic rings. The number of rotatable bonds is 4. The largest absolute Gasteiger partial charge is 0.494 e. The van der Waals surface area contributed by atoms with E-state index in [0.717, 1.165) is 6.29 Å². The zero-order chi connectivity index (χ0) is 15.5. The monoisotopic (exact) mass is 298 g/mol. The molecule has 3 aromatic rings. The Morgan fingerprint density at radius 2 is 1.91 bits per heavy atom. The van der Waals surface area contributed by atoms with Gasteiger partial charge in [0.2, 0.25) is 5.88 Å². The van der Waals surface area contributed by atoms with Gasteiger partial charge in [-0.05, 0) is 30.3 Å². The van der Waals surface area contributed by atoms with Crippen molar-refractivity contribution in [3.8, 4) is 17.4 Å². The summed E-state index contributed by atoms with van der Waals surface area (Å²) in [5.74, 6) is 0.370. The van der Waals surface area contributed by atoms with Crippen molar-refractivity contribution in [2.24, 2.45) is 0 Å². The summed E-state index contributed by atoms with van der Waals surface area (Å²) in [5.41, 5.74) is 0.955. The van der Waals surface area contributed by atoms with Crippen LogP contribution in [0.15, 0.2) is 42.7 Å². The van der Waals surface area contributed by atoms with Crippen molar-refractivity contribution in [2.45, 2.75) is 0 Å². The molecule has 0 saturated carbocycles. The fourth-order valence-electron chi connectivity index (χ4n) is 2.00. The van der Waals surface area contributed by atoms with Gasteiger partial charge < -0.3 is 9.47 Å². The first-order valence-corrected chi connectivity index (χ1v) is 6.42. The van der Waals surface area contributed by atoms with Gasteiger partial charge in [0.15, 0.2) is 11.6 Å². The molecule has 1 heterocycles. The maximum atomic E-state index is 13.7. The molecule has 3 rings (SSSR count). The number of aldehydes is 1. The smallest absolute Gasteiger partial charge is 0.230 e. The number of fused-ring (bicyclic) bond motifs is 1. The Balaban J connectivity index is 2.03. The van der Waals surface area contributed by atoms with E-state index in [-0.39, 0.29) is 11.6 Å². The van der Waals surface area contributed by atoms with E-state index in [4.69, 9.17) is 9.47 Å². The van der Waals surface area contributed by atoms with Crippen LogP contribution in [0.5, 0.6) is 17.4 Å². The molecule has 0 aliphatic heterocycles. The number of aromatic nitrogens is 2. The lowest BCUT2D eigenvalue weighted by molar-refractivity contribution is 0.112. The van der Waals surface area contributed by atoms with E-state index in [0.29, 0.717) is 22.2 Å². The SMILES string of the molecule is COc1cc2c(Oc3ccc(C=O)cc3)ncnc2cc1F. The van der Waals surface area contributed by atoms with Gasteiger partial charge in [0.1, 0.15) is 18.4 Å². The second-order valence-electron chi connectivity index (χ2n) is 4.47. The molecule has 0 radical (unpaired) electrons. The van der Waals surface area contributed by atoms with Crippen molar-refractivity contribution in [1.82, 2.24) is 9.97 Å². The van der Waals surface area contributed by atoms with Crippen molar-refractivity contribution < 1.29 is 18.7 Å². The summed E-state index contributed by atoms with van der Waals surface area (Å²) in [5, 5.41) is 0.528. The fourth-order valence-corrected chi connectivity index (χ4v) is 2.00. The third kappa shape index (κ3) is 2.58. The number of hydrogen-bond acceptors (Lipinski definition) is 5. The van der Waals surface area contributed by atoms with E-state index in [1.807, 2.05) is 0 Å². The van der Waals surface area contributed by atoms with Gasteiger partial charge in [-0.3, -0.25) is 4.79 Å². The molecular formula is C16H11FN2O3. The number of methoxy groups -OCH3 is 1. The minimum absolute atomic E-state index is 0.0865. The first kappa shape index (κ1) is 13.9. The van der Waals surface area contributed by atoms with E-state index in [2.05, 4.69) is 9.97 Å². The van der Waals surface area contributed by atoms with Crippen LogP contribution in [0.25, 0.3) is 10.9 Å². The maximum Gasteiger partial charge on any atom is 0.230 e. The van der Waals surface area contributed by atoms with Crippen LogP contribution in [0.4, 0.5) is 4.39 Å². The summed E-state index contributed by atoms with van der Waals surface area (Å²) >= 11 is 0. The Morgan fingerprint density at radius 3 is 2.59 bits per heavy atom. The highest BCUT2D eigenvalue weighted by molar-refractivity contribution is 5.85. The summed E-state index contributed by atoms with van der Waals surface area (Å²) in [6, 6.07) is 9.31. The number of carbonyl (C=O) groups excluding carboxylic acids is 1. The molecule has 0 amide bonds. The Hall–Kier alpha value is -3.02. The number of benzene rings is 2. The molecule has 0 unspecified atom stereocenters. The second kappa shape index (κ2) is 5.77. The number of halogens is 1. The predicted molar refractivity (Wildman–Crippen MR) is 78.0 cm³/mol. The van der Waals surface area contributed by atoms with E-state index in [9.17, 15) is 9.18 Å². The van der Waals surface area contributed by atoms with Crippen molar-refractivity contribution in [3.05, 3.63) is 54.1 Å². The molecule has 0 aliphatic carbocycles. The zero-order valence-corrected chi connectivity index (χ0v) is 11.6. The molecule has 0 saturated heterocycles. The van der Waals surface area contributed by atoms with E-state index >= 15 is 0 Å². The van der Waals surface area contributed by atoms with E-state index in [1.165, 1.54) is 25.6 Å². The molecule has 0 fully saturated rings. The van der Waals surface area contributed by atoms with Crippen LogP contribution < -0.4 is 9.47 Å². The summed E-state index contributed by atoms with van der Waals surface area (Å²) in [6.07, 6.45) is 2.04. The summed E-state index contributed by atoms with van der Waals surface area (Å²) in [7, 11) is 1.38. The molecule has 6 heteroatoms. The van der Waals surface area contributed by atoms with Gasteiger partial charge in [-0.25, -0.2) is 14.4 Å². The van der Waals surface area contributed by atoms with Gasteiger partial charge in [-0.2, -0.15) is 0 Å². The molecular weight excluding hydrogens is 287 g/mol. The maximum absolute atomic E-state index is 13.7. The first-order chi connectivity index (χ1) is 10.7. The second-order valence-corrected chi connectivity index (χ2v) is 4.47. The molecule has 22 heavy (non-hydrogen) atoms. The molecule has 2 aromatic carbocycles. The summed E-state index contributed by atoms with van der Waals surface area (Å²) in [4.78, 5) is 18.7. The van der Waals surface area contributed by atoms with Crippen LogP contribution in [-0.4, -0.2) is 23.4 Å². The minimum atomic E-state index is -0.505. The van der Waals surface area contributed by atoms with Crippen LogP contribution >= 0.6 is 0 Å². The lowest BCUT2D eigenvalue weighted by Gasteiger charge is -2.09. The van der Waals surface area contributed by atoms with Gasteiger partial charge in [0.05, 0.1) is 18.0 Å². The first-order valence-electron chi connectivity index (χ1n) is 6.42. The number of hydrogen-bond donors (Lipinski definition) is 0. The van der Waals surface area contributed by atoms with Crippen molar-refractivity contribution in [1.29, 1.82) is 0 Å². The van der Waals surface area contributed by atoms with Gasteiger partial charge in [-0.15, -0.1) is 0 Å². The molecule has 1 aromatic heterocycles. The lowest BCUT2D eigenvalue weighted by Crippen LogP contribution is -1.94. The Morgan fingerprint density at radius 1 is 1.14 bits per heavy atom. The van der Waals surface area contributed by atoms with Crippen molar-refractivity contribution in [2.75, 3.05) is 7.11 Å². The third-order valence-electron chi connectivity index (χ3n) is 3.10. The minimum Gasteiger partial charge on any atom is -0.494 e. The van der Waals surface area contributed by atoms with E-state index < -0.39 is 5.82 Å². The van der Waals surface area contributed by atoms with Gasteiger partial charge >= 0.3 is 0 Å². The molecule has 0 bridgehead atoms. The highest BCUT2D eigenvalue weighted by Crippen LogP contribution is 2.31. The summed E-state index contributed by atoms with van der Waals surface area (Å²) < 4.78 is 24.4. The standard InChI is InChI=1S/C16H11FN2O3/c1-21-15-6-12-14(7-13(15)17)18-9-19-16(12)22-11-4-2-10(8-20)3-5-11/h2-9H,1H3. The van der Waals surface area contributed by atoms with Gasteiger partial charge in [0, 0.05) is 11.6 Å². The fraction of sp³-hybridized carbons (Fsp3) is 0.0625. The van der Waals surface area contributed by atoms with Gasteiger partial charge in [0.25, 0.3) is 0 Å². The van der Waals surface area contributed by atoms with E-state index in [1.54, 1.807) is 24.3 Å². The van der Waals surface area contributed by atoms with Crippen LogP contribution in [0.1, 0.15) is 10.4 Å². The van der Waals surface area contributed by atoms with Crippen LogP contribution in [0.2, 0.25) is 0 Å². The van der Waals surface area contributed by atoms with Gasteiger partial charge in [-0.1, -0.05) is 0 Å². The Kier molecular flexibility index (Phi) is 3.65. The highest BCUT2D eigenvalue weighted by Gasteiger charge is 2.11. The van der Waals surface area contributed by atoms with Crippen LogP contribution in [0.3, 0.4) is 0 Å². The Bertz CT molecular complexity index is 835. The molecule has 0 atom stereocenters. The number of nitrogens with zero attached hydrogens (tertiary/aromatic N) is 2. The molecule has 0 spiro atoms. The topological polar surface area (TPSA) is 61.3 Å². The van der Waals surface area contributed by atoms with Crippen LogP contribution in [-0.2, 0) is 0 Å². The highest BCUT2D eigenvalue weighted by atomic mass is 19.1. The Labute approximate surface area is 125 Å². The quantitative estimate of drug-likeness (QED) is 0.691. The van der Waals surface area contributed by atoms with Crippen molar-refractivity contribution in [3.63, 3.8) is 0 Å². The zero-order valence-electron chi connectivity index (χ0n) is 11.6. The normalized spacial score (nSPS) is 10.5. The lowest BCUT2D eigenvalue weighted by atomic mass is 10.2. The molecule has 5 nitrogen and oxygen atoms in total. The van der Waals surface area contributed by atoms with Crippen LogP contribution in [0, 0.1) is 5.82 Å².